The van der Waals surface area contributed by atoms with Gasteiger partial charge >= 0.3 is 23.9 Å². The van der Waals surface area contributed by atoms with Crippen LogP contribution >= 0.6 is 0 Å². The quantitative estimate of drug-likeness (QED) is 0.249. The predicted octanol–water partition coefficient (Wildman–Crippen LogP) is 1.23. The number of hydrogen-bond acceptors (Lipinski definition) is 8. The van der Waals surface area contributed by atoms with Crippen LogP contribution in [0.15, 0.2) is 41.5 Å². The Balaban J connectivity index is 0.000000621. The van der Waals surface area contributed by atoms with Crippen LogP contribution in [-0.2, 0) is 44.5 Å². The van der Waals surface area contributed by atoms with Crippen LogP contribution < -0.4 is 0 Å². The summed E-state index contributed by atoms with van der Waals surface area (Å²) in [6.45, 7) is 1.56. The van der Waals surface area contributed by atoms with Gasteiger partial charge in [-0.2, -0.15) is 0 Å². The molecule has 0 heterocycles. The molecule has 0 fully saturated rings. The van der Waals surface area contributed by atoms with Crippen molar-refractivity contribution >= 4 is 23.9 Å². The summed E-state index contributed by atoms with van der Waals surface area (Å²) in [5, 5.41) is 0. The van der Waals surface area contributed by atoms with E-state index >= 15 is 0 Å². The summed E-state index contributed by atoms with van der Waals surface area (Å²) >= 11 is 0. The number of carbonyl (C=O) groups is 4. The standard InChI is InChI=1S/C14H16O4.C6H6O4/c1-10(13(15)17-2)12(14(16)18-3)9-11-7-5-4-6-8-11;1-9-5(7)3-4-6(8)10-2/h4-8H,9H2,1-3H3;1-2H3. The molecule has 0 saturated carbocycles. The fourth-order valence-electron chi connectivity index (χ4n) is 1.76. The molecule has 0 N–H and O–H groups in total. The zero-order valence-electron chi connectivity index (χ0n) is 16.4. The zero-order chi connectivity index (χ0) is 21.5. The smallest absolute Gasteiger partial charge is 0.384 e. The van der Waals surface area contributed by atoms with Gasteiger partial charge in [0.05, 0.1) is 34.0 Å². The van der Waals surface area contributed by atoms with E-state index in [0.717, 1.165) is 5.56 Å². The minimum absolute atomic E-state index is 0.271. The molecule has 0 saturated heterocycles. The molecule has 0 spiro atoms. The van der Waals surface area contributed by atoms with E-state index in [1.54, 1.807) is 6.92 Å². The molecule has 0 atom stereocenters. The van der Waals surface area contributed by atoms with Gasteiger partial charge < -0.3 is 18.9 Å². The molecule has 0 aliphatic carbocycles. The van der Waals surface area contributed by atoms with E-state index in [-0.39, 0.29) is 5.57 Å². The summed E-state index contributed by atoms with van der Waals surface area (Å²) in [6, 6.07) is 9.40. The molecule has 0 amide bonds. The maximum Gasteiger partial charge on any atom is 0.384 e. The van der Waals surface area contributed by atoms with Gasteiger partial charge in [-0.15, -0.1) is 0 Å². The molecule has 0 aliphatic rings. The molecule has 8 nitrogen and oxygen atoms in total. The van der Waals surface area contributed by atoms with Gasteiger partial charge in [-0.1, -0.05) is 30.3 Å². The van der Waals surface area contributed by atoms with E-state index in [9.17, 15) is 19.2 Å². The van der Waals surface area contributed by atoms with Gasteiger partial charge in [-0.25, -0.2) is 19.2 Å². The molecular weight excluding hydrogens is 368 g/mol. The van der Waals surface area contributed by atoms with Gasteiger partial charge in [0.25, 0.3) is 0 Å². The molecule has 1 aromatic carbocycles. The third-order valence-corrected chi connectivity index (χ3v) is 3.24. The highest BCUT2D eigenvalue weighted by atomic mass is 16.5. The SMILES string of the molecule is COC(=O)C#CC(=O)OC.COC(=O)C(C)=C(Cc1ccccc1)C(=O)OC. The summed E-state index contributed by atoms with van der Waals surface area (Å²) in [4.78, 5) is 43.6. The number of esters is 4. The molecule has 1 aromatic rings. The monoisotopic (exact) mass is 390 g/mol. The molecule has 0 unspecified atom stereocenters. The normalized spacial score (nSPS) is 9.89. The lowest BCUT2D eigenvalue weighted by molar-refractivity contribution is -0.139. The average molecular weight is 390 g/mol. The second-order valence-corrected chi connectivity index (χ2v) is 4.98. The van der Waals surface area contributed by atoms with Crippen molar-refractivity contribution in [1.29, 1.82) is 0 Å². The second kappa shape index (κ2) is 13.6. The van der Waals surface area contributed by atoms with E-state index in [1.165, 1.54) is 28.4 Å². The Bertz CT molecular complexity index is 761. The largest absolute Gasteiger partial charge is 0.466 e. The average Bonchev–Trinajstić information content (AvgIpc) is 2.74. The fraction of sp³-hybridized carbons (Fsp3) is 0.300. The van der Waals surface area contributed by atoms with Crippen molar-refractivity contribution in [2.75, 3.05) is 28.4 Å². The second-order valence-electron chi connectivity index (χ2n) is 4.98. The van der Waals surface area contributed by atoms with E-state index < -0.39 is 23.9 Å². The number of carbonyl (C=O) groups excluding carboxylic acids is 4. The maximum absolute atomic E-state index is 11.7. The lowest BCUT2D eigenvalue weighted by Crippen LogP contribution is -2.14. The number of benzene rings is 1. The van der Waals surface area contributed by atoms with Crippen LogP contribution in [0.4, 0.5) is 0 Å². The molecule has 0 bridgehead atoms. The highest BCUT2D eigenvalue weighted by Gasteiger charge is 2.18. The highest BCUT2D eigenvalue weighted by Crippen LogP contribution is 2.15. The molecule has 0 aromatic heterocycles. The van der Waals surface area contributed by atoms with Crippen LogP contribution in [0.5, 0.6) is 0 Å². The zero-order valence-corrected chi connectivity index (χ0v) is 16.4. The minimum Gasteiger partial charge on any atom is -0.466 e. The van der Waals surface area contributed by atoms with Crippen molar-refractivity contribution in [2.45, 2.75) is 13.3 Å². The van der Waals surface area contributed by atoms with Gasteiger partial charge in [-0.05, 0) is 12.5 Å². The van der Waals surface area contributed by atoms with E-state index in [4.69, 9.17) is 4.74 Å². The molecule has 28 heavy (non-hydrogen) atoms. The number of methoxy groups -OCH3 is 4. The van der Waals surface area contributed by atoms with Gasteiger partial charge in [0.15, 0.2) is 0 Å². The Morgan fingerprint density at radius 3 is 1.61 bits per heavy atom. The van der Waals surface area contributed by atoms with Crippen molar-refractivity contribution in [2.24, 2.45) is 0 Å². The van der Waals surface area contributed by atoms with Crippen molar-refractivity contribution in [1.82, 2.24) is 0 Å². The summed E-state index contributed by atoms with van der Waals surface area (Å²) in [5.74, 6) is 1.24. The molecule has 150 valence electrons. The summed E-state index contributed by atoms with van der Waals surface area (Å²) in [7, 11) is 4.92. The van der Waals surface area contributed by atoms with Crippen LogP contribution in [0.2, 0.25) is 0 Å². The van der Waals surface area contributed by atoms with Crippen LogP contribution in [0, 0.1) is 11.8 Å². The number of rotatable bonds is 4. The summed E-state index contributed by atoms with van der Waals surface area (Å²) in [6.07, 6.45) is 0.342. The first-order valence-electron chi connectivity index (χ1n) is 7.88. The van der Waals surface area contributed by atoms with Crippen LogP contribution in [0.1, 0.15) is 12.5 Å². The highest BCUT2D eigenvalue weighted by molar-refractivity contribution is 6.00. The summed E-state index contributed by atoms with van der Waals surface area (Å²) < 4.78 is 17.6. The van der Waals surface area contributed by atoms with Crippen molar-refractivity contribution in [3.63, 3.8) is 0 Å². The molecule has 0 aliphatic heterocycles. The topological polar surface area (TPSA) is 105 Å². The molecule has 8 heteroatoms. The third-order valence-electron chi connectivity index (χ3n) is 3.24. The third kappa shape index (κ3) is 9.20. The van der Waals surface area contributed by atoms with Crippen LogP contribution in [0.25, 0.3) is 0 Å². The van der Waals surface area contributed by atoms with Gasteiger partial charge in [-0.3, -0.25) is 0 Å². The lowest BCUT2D eigenvalue weighted by atomic mass is 10.0. The number of ether oxygens (including phenoxy) is 4. The minimum atomic E-state index is -0.759. The molecule has 1 rings (SSSR count). The fourth-order valence-corrected chi connectivity index (χ4v) is 1.76. The van der Waals surface area contributed by atoms with Gasteiger partial charge in [0.2, 0.25) is 0 Å². The van der Waals surface area contributed by atoms with Gasteiger partial charge in [0, 0.05) is 23.8 Å². The molecule has 0 radical (unpaired) electrons. The molecular formula is C20H22O8. The van der Waals surface area contributed by atoms with E-state index in [0.29, 0.717) is 12.0 Å². The first-order chi connectivity index (χ1) is 13.3. The Kier molecular flexibility index (Phi) is 11.8. The Morgan fingerprint density at radius 1 is 0.750 bits per heavy atom. The van der Waals surface area contributed by atoms with Gasteiger partial charge in [0.1, 0.15) is 0 Å². The van der Waals surface area contributed by atoms with Crippen LogP contribution in [-0.4, -0.2) is 52.3 Å². The maximum atomic E-state index is 11.7. The van der Waals surface area contributed by atoms with Crippen LogP contribution in [0.3, 0.4) is 0 Å². The van der Waals surface area contributed by atoms with Crippen molar-refractivity contribution in [3.05, 3.63) is 47.0 Å². The summed E-state index contributed by atoms with van der Waals surface area (Å²) in [5.41, 5.74) is 1.52. The van der Waals surface area contributed by atoms with E-state index in [1.807, 2.05) is 42.2 Å². The van der Waals surface area contributed by atoms with Crippen molar-refractivity contribution in [3.8, 4) is 11.8 Å². The van der Waals surface area contributed by atoms with E-state index in [2.05, 4.69) is 14.2 Å². The lowest BCUT2D eigenvalue weighted by Gasteiger charge is -2.09. The Morgan fingerprint density at radius 2 is 1.21 bits per heavy atom. The first kappa shape index (κ1) is 24.4. The Labute approximate surface area is 163 Å². The van der Waals surface area contributed by atoms with Crippen molar-refractivity contribution < 1.29 is 38.1 Å². The first-order valence-corrected chi connectivity index (χ1v) is 7.88. The Hall–Kier alpha value is -3.60. The predicted molar refractivity (Wildman–Crippen MR) is 98.7 cm³/mol. The number of hydrogen-bond donors (Lipinski definition) is 0.